The Bertz CT molecular complexity index is 236. The molecule has 0 spiro atoms. The molecule has 98 valence electrons. The SMILES string of the molecule is NNC(=NC1CCCCC1)C1CCCCCC1. The Labute approximate surface area is 105 Å². The monoisotopic (exact) mass is 237 g/mol. The van der Waals surface area contributed by atoms with E-state index < -0.39 is 0 Å². The van der Waals surface area contributed by atoms with Gasteiger partial charge in [0.25, 0.3) is 0 Å². The van der Waals surface area contributed by atoms with Crippen LogP contribution < -0.4 is 11.3 Å². The van der Waals surface area contributed by atoms with E-state index in [-0.39, 0.29) is 0 Å². The summed E-state index contributed by atoms with van der Waals surface area (Å²) in [6.45, 7) is 0. The van der Waals surface area contributed by atoms with E-state index in [9.17, 15) is 0 Å². The summed E-state index contributed by atoms with van der Waals surface area (Å²) in [6, 6.07) is 0.540. The molecule has 2 fully saturated rings. The Hall–Kier alpha value is -0.570. The first kappa shape index (κ1) is 12.9. The zero-order valence-electron chi connectivity index (χ0n) is 11.0. The first-order valence-electron chi connectivity index (χ1n) is 7.44. The molecule has 0 bridgehead atoms. The van der Waals surface area contributed by atoms with Crippen LogP contribution in [0.3, 0.4) is 0 Å². The molecular weight excluding hydrogens is 210 g/mol. The molecular formula is C14H27N3. The Morgan fingerprint density at radius 1 is 0.824 bits per heavy atom. The average molecular weight is 237 g/mol. The lowest BCUT2D eigenvalue weighted by Crippen LogP contribution is -2.37. The second-order valence-electron chi connectivity index (χ2n) is 5.64. The van der Waals surface area contributed by atoms with Gasteiger partial charge in [0.05, 0.1) is 6.04 Å². The minimum absolute atomic E-state index is 0.540. The van der Waals surface area contributed by atoms with E-state index in [1.54, 1.807) is 0 Å². The largest absolute Gasteiger partial charge is 0.312 e. The van der Waals surface area contributed by atoms with Gasteiger partial charge in [0.15, 0.2) is 0 Å². The van der Waals surface area contributed by atoms with E-state index in [1.165, 1.54) is 70.6 Å². The molecule has 0 aromatic heterocycles. The predicted octanol–water partition coefficient (Wildman–Crippen LogP) is 3.15. The van der Waals surface area contributed by atoms with E-state index in [1.807, 2.05) is 0 Å². The van der Waals surface area contributed by atoms with Crippen LogP contribution in [0.25, 0.3) is 0 Å². The Kier molecular flexibility index (Phi) is 5.30. The molecule has 0 heterocycles. The maximum Gasteiger partial charge on any atom is 0.114 e. The summed E-state index contributed by atoms with van der Waals surface area (Å²) in [5, 5.41) is 0. The van der Waals surface area contributed by atoms with Crippen LogP contribution in [0.5, 0.6) is 0 Å². The molecule has 17 heavy (non-hydrogen) atoms. The lowest BCUT2D eigenvalue weighted by molar-refractivity contribution is 0.437. The van der Waals surface area contributed by atoms with Crippen molar-refractivity contribution >= 4 is 5.84 Å². The van der Waals surface area contributed by atoms with Crippen LogP contribution in [0.15, 0.2) is 4.99 Å². The highest BCUT2D eigenvalue weighted by Crippen LogP contribution is 2.25. The lowest BCUT2D eigenvalue weighted by Gasteiger charge is -2.22. The van der Waals surface area contributed by atoms with Crippen LogP contribution in [0, 0.1) is 5.92 Å². The molecule has 0 radical (unpaired) electrons. The third kappa shape index (κ3) is 3.98. The van der Waals surface area contributed by atoms with Crippen LogP contribution in [0.1, 0.15) is 70.6 Å². The van der Waals surface area contributed by atoms with Crippen molar-refractivity contribution < 1.29 is 0 Å². The number of rotatable bonds is 2. The Morgan fingerprint density at radius 3 is 1.94 bits per heavy atom. The molecule has 0 aromatic rings. The summed E-state index contributed by atoms with van der Waals surface area (Å²) in [5.74, 6) is 7.39. The standard InChI is InChI=1S/C14H27N3/c15-17-14(12-8-4-1-2-5-9-12)16-13-10-6-3-7-11-13/h12-13H,1-11,15H2,(H,16,17). The number of aliphatic imine (C=N–C) groups is 1. The van der Waals surface area contributed by atoms with E-state index >= 15 is 0 Å². The predicted molar refractivity (Wildman–Crippen MR) is 72.8 cm³/mol. The highest BCUT2D eigenvalue weighted by Gasteiger charge is 2.20. The Balaban J connectivity index is 1.94. The van der Waals surface area contributed by atoms with Gasteiger partial charge in [0.2, 0.25) is 0 Å². The maximum absolute atomic E-state index is 5.69. The van der Waals surface area contributed by atoms with Gasteiger partial charge in [0.1, 0.15) is 5.84 Å². The Morgan fingerprint density at radius 2 is 1.35 bits per heavy atom. The highest BCUT2D eigenvalue weighted by molar-refractivity contribution is 5.84. The van der Waals surface area contributed by atoms with Crippen LogP contribution >= 0.6 is 0 Å². The fourth-order valence-electron chi connectivity index (χ4n) is 3.22. The second kappa shape index (κ2) is 7.00. The van der Waals surface area contributed by atoms with Crippen molar-refractivity contribution in [3.05, 3.63) is 0 Å². The van der Waals surface area contributed by atoms with Gasteiger partial charge in [-0.25, -0.2) is 5.84 Å². The van der Waals surface area contributed by atoms with Gasteiger partial charge in [-0.2, -0.15) is 0 Å². The quantitative estimate of drug-likeness (QED) is 0.255. The summed E-state index contributed by atoms with van der Waals surface area (Å²) in [4.78, 5) is 4.90. The summed E-state index contributed by atoms with van der Waals surface area (Å²) in [6.07, 6.45) is 14.6. The number of nitrogens with zero attached hydrogens (tertiary/aromatic N) is 1. The molecule has 3 heteroatoms. The molecule has 0 atom stereocenters. The van der Waals surface area contributed by atoms with Crippen LogP contribution in [-0.4, -0.2) is 11.9 Å². The van der Waals surface area contributed by atoms with Gasteiger partial charge >= 0.3 is 0 Å². The molecule has 0 aliphatic heterocycles. The summed E-state index contributed by atoms with van der Waals surface area (Å²) < 4.78 is 0. The zero-order valence-corrected chi connectivity index (χ0v) is 11.0. The zero-order chi connectivity index (χ0) is 11.9. The molecule has 0 amide bonds. The van der Waals surface area contributed by atoms with Crippen molar-refractivity contribution in [2.75, 3.05) is 0 Å². The summed E-state index contributed by atoms with van der Waals surface area (Å²) >= 11 is 0. The summed E-state index contributed by atoms with van der Waals surface area (Å²) in [7, 11) is 0. The van der Waals surface area contributed by atoms with Gasteiger partial charge in [-0.15, -0.1) is 0 Å². The van der Waals surface area contributed by atoms with Crippen molar-refractivity contribution in [2.45, 2.75) is 76.7 Å². The van der Waals surface area contributed by atoms with Crippen LogP contribution in [0.4, 0.5) is 0 Å². The van der Waals surface area contributed by atoms with Crippen molar-refractivity contribution in [1.29, 1.82) is 0 Å². The third-order valence-corrected chi connectivity index (χ3v) is 4.29. The van der Waals surface area contributed by atoms with Crippen LogP contribution in [-0.2, 0) is 0 Å². The van der Waals surface area contributed by atoms with Crippen molar-refractivity contribution in [3.8, 4) is 0 Å². The normalized spacial score (nSPS) is 25.6. The van der Waals surface area contributed by atoms with E-state index in [0.717, 1.165) is 5.84 Å². The number of amidine groups is 1. The van der Waals surface area contributed by atoms with Gasteiger partial charge in [-0.1, -0.05) is 44.9 Å². The van der Waals surface area contributed by atoms with Gasteiger partial charge in [-0.3, -0.25) is 4.99 Å². The molecule has 2 saturated carbocycles. The minimum atomic E-state index is 0.540. The fourth-order valence-corrected chi connectivity index (χ4v) is 3.22. The number of hydrazine groups is 1. The van der Waals surface area contributed by atoms with Gasteiger partial charge in [0, 0.05) is 5.92 Å². The van der Waals surface area contributed by atoms with E-state index in [0.29, 0.717) is 12.0 Å². The molecule has 2 aliphatic rings. The maximum atomic E-state index is 5.69. The van der Waals surface area contributed by atoms with Gasteiger partial charge < -0.3 is 5.43 Å². The van der Waals surface area contributed by atoms with Crippen molar-refractivity contribution in [1.82, 2.24) is 5.43 Å². The molecule has 0 unspecified atom stereocenters. The lowest BCUT2D eigenvalue weighted by atomic mass is 9.94. The van der Waals surface area contributed by atoms with Crippen molar-refractivity contribution in [2.24, 2.45) is 16.8 Å². The topological polar surface area (TPSA) is 50.4 Å². The van der Waals surface area contributed by atoms with Crippen molar-refractivity contribution in [3.63, 3.8) is 0 Å². The number of hydrogen-bond acceptors (Lipinski definition) is 2. The molecule has 3 nitrogen and oxygen atoms in total. The smallest absolute Gasteiger partial charge is 0.114 e. The fraction of sp³-hybridized carbons (Fsp3) is 0.929. The third-order valence-electron chi connectivity index (χ3n) is 4.29. The van der Waals surface area contributed by atoms with Gasteiger partial charge in [-0.05, 0) is 25.7 Å². The minimum Gasteiger partial charge on any atom is -0.312 e. The number of nitrogens with one attached hydrogen (secondary N) is 1. The summed E-state index contributed by atoms with van der Waals surface area (Å²) in [5.41, 5.74) is 2.90. The number of hydrogen-bond donors (Lipinski definition) is 2. The molecule has 2 rings (SSSR count). The van der Waals surface area contributed by atoms with E-state index in [4.69, 9.17) is 10.8 Å². The second-order valence-corrected chi connectivity index (χ2v) is 5.64. The molecule has 2 aliphatic carbocycles. The first-order valence-corrected chi connectivity index (χ1v) is 7.44. The highest BCUT2D eigenvalue weighted by atomic mass is 15.3. The average Bonchev–Trinajstić information content (AvgIpc) is 2.66. The number of nitrogens with two attached hydrogens (primary N) is 1. The first-order chi connectivity index (χ1) is 8.40. The molecule has 0 aromatic carbocycles. The van der Waals surface area contributed by atoms with Crippen LogP contribution in [0.2, 0.25) is 0 Å². The molecule has 0 saturated heterocycles. The molecule has 3 N–H and O–H groups in total. The van der Waals surface area contributed by atoms with E-state index in [2.05, 4.69) is 5.43 Å².